The predicted octanol–water partition coefficient (Wildman–Crippen LogP) is 5.25. The number of hydrogen-bond donors (Lipinski definition) is 1. The van der Waals surface area contributed by atoms with E-state index in [0.29, 0.717) is 17.1 Å². The normalized spacial score (nSPS) is 15.8. The quantitative estimate of drug-likeness (QED) is 0.684. The van der Waals surface area contributed by atoms with Gasteiger partial charge < -0.3 is 10.2 Å². The SMILES string of the molecule is O=C1c2ccccc2[C@@H](Nc2ccc(F)cc2)N1Cc1ccccc1Cl. The summed E-state index contributed by atoms with van der Waals surface area (Å²) >= 11 is 6.29. The van der Waals surface area contributed by atoms with Crippen LogP contribution in [0.25, 0.3) is 0 Å². The Kier molecular flexibility index (Phi) is 4.35. The van der Waals surface area contributed by atoms with Crippen LogP contribution in [0, 0.1) is 5.82 Å². The molecule has 0 aliphatic carbocycles. The number of anilines is 1. The van der Waals surface area contributed by atoms with E-state index in [9.17, 15) is 9.18 Å². The molecule has 0 radical (unpaired) electrons. The lowest BCUT2D eigenvalue weighted by Crippen LogP contribution is -2.32. The Morgan fingerprint density at radius 1 is 0.962 bits per heavy atom. The van der Waals surface area contributed by atoms with Crippen molar-refractivity contribution >= 4 is 23.2 Å². The van der Waals surface area contributed by atoms with Gasteiger partial charge in [0.15, 0.2) is 0 Å². The number of carbonyl (C=O) groups is 1. The molecule has 3 nitrogen and oxygen atoms in total. The van der Waals surface area contributed by atoms with Crippen LogP contribution in [0.2, 0.25) is 5.02 Å². The highest BCUT2D eigenvalue weighted by molar-refractivity contribution is 6.31. The van der Waals surface area contributed by atoms with Crippen molar-refractivity contribution in [3.05, 3.63) is 100 Å². The van der Waals surface area contributed by atoms with Gasteiger partial charge in [-0.05, 0) is 42.0 Å². The van der Waals surface area contributed by atoms with Crippen molar-refractivity contribution in [2.75, 3.05) is 5.32 Å². The Balaban J connectivity index is 1.70. The molecule has 1 amide bonds. The van der Waals surface area contributed by atoms with Crippen LogP contribution < -0.4 is 5.32 Å². The molecule has 0 bridgehead atoms. The van der Waals surface area contributed by atoms with Crippen LogP contribution in [0.15, 0.2) is 72.8 Å². The first kappa shape index (κ1) is 16.6. The Morgan fingerprint density at radius 3 is 2.42 bits per heavy atom. The number of benzene rings is 3. The molecule has 1 aliphatic heterocycles. The zero-order chi connectivity index (χ0) is 18.1. The van der Waals surface area contributed by atoms with Crippen LogP contribution in [-0.2, 0) is 6.54 Å². The summed E-state index contributed by atoms with van der Waals surface area (Å²) in [6, 6.07) is 21.1. The first-order valence-electron chi connectivity index (χ1n) is 8.29. The molecule has 0 saturated carbocycles. The second-order valence-electron chi connectivity index (χ2n) is 6.17. The summed E-state index contributed by atoms with van der Waals surface area (Å²) in [6.07, 6.45) is -0.347. The smallest absolute Gasteiger partial charge is 0.256 e. The number of amides is 1. The first-order chi connectivity index (χ1) is 12.6. The molecule has 1 atom stereocenters. The fourth-order valence-corrected chi connectivity index (χ4v) is 3.40. The van der Waals surface area contributed by atoms with E-state index in [1.165, 1.54) is 12.1 Å². The lowest BCUT2D eigenvalue weighted by Gasteiger charge is -2.27. The summed E-state index contributed by atoms with van der Waals surface area (Å²) in [6.45, 7) is 0.381. The molecule has 3 aromatic rings. The number of rotatable bonds is 4. The number of carbonyl (C=O) groups excluding carboxylic acids is 1. The molecule has 0 saturated heterocycles. The molecule has 26 heavy (non-hydrogen) atoms. The number of hydrogen-bond acceptors (Lipinski definition) is 2. The maximum absolute atomic E-state index is 13.2. The molecule has 0 unspecified atom stereocenters. The minimum Gasteiger partial charge on any atom is -0.361 e. The van der Waals surface area contributed by atoms with Crippen molar-refractivity contribution in [2.45, 2.75) is 12.7 Å². The lowest BCUT2D eigenvalue weighted by atomic mass is 10.1. The van der Waals surface area contributed by atoms with E-state index >= 15 is 0 Å². The molecule has 0 spiro atoms. The second kappa shape index (κ2) is 6.81. The number of fused-ring (bicyclic) bond motifs is 1. The molecular weight excluding hydrogens is 351 g/mol. The number of halogens is 2. The zero-order valence-electron chi connectivity index (χ0n) is 13.8. The molecule has 1 aliphatic rings. The van der Waals surface area contributed by atoms with Crippen molar-refractivity contribution in [1.82, 2.24) is 4.90 Å². The predicted molar refractivity (Wildman–Crippen MR) is 101 cm³/mol. The fourth-order valence-electron chi connectivity index (χ4n) is 3.20. The summed E-state index contributed by atoms with van der Waals surface area (Å²) in [5.41, 5.74) is 3.18. The van der Waals surface area contributed by atoms with Crippen molar-refractivity contribution in [2.24, 2.45) is 0 Å². The van der Waals surface area contributed by atoms with Crippen molar-refractivity contribution in [3.63, 3.8) is 0 Å². The molecule has 1 N–H and O–H groups in total. The van der Waals surface area contributed by atoms with Gasteiger partial charge in [-0.2, -0.15) is 0 Å². The van der Waals surface area contributed by atoms with E-state index in [1.54, 1.807) is 17.0 Å². The van der Waals surface area contributed by atoms with Gasteiger partial charge in [0.2, 0.25) is 0 Å². The van der Waals surface area contributed by atoms with Gasteiger partial charge in [0.25, 0.3) is 5.91 Å². The fraction of sp³-hybridized carbons (Fsp3) is 0.0952. The standard InChI is InChI=1S/C21H16ClFN2O/c22-19-8-4-1-5-14(19)13-25-20(24-16-11-9-15(23)10-12-16)17-6-2-3-7-18(17)21(25)26/h1-12,20,24H,13H2/t20-/m0/s1. The molecule has 1 heterocycles. The van der Waals surface area contributed by atoms with Gasteiger partial charge in [-0.3, -0.25) is 4.79 Å². The Labute approximate surface area is 156 Å². The van der Waals surface area contributed by atoms with Crippen molar-refractivity contribution in [3.8, 4) is 0 Å². The highest BCUT2D eigenvalue weighted by Crippen LogP contribution is 2.36. The highest BCUT2D eigenvalue weighted by atomic mass is 35.5. The van der Waals surface area contributed by atoms with Crippen LogP contribution in [0.4, 0.5) is 10.1 Å². The van der Waals surface area contributed by atoms with Gasteiger partial charge in [-0.1, -0.05) is 48.0 Å². The maximum atomic E-state index is 13.2. The third kappa shape index (κ3) is 3.04. The van der Waals surface area contributed by atoms with Crippen LogP contribution in [0.5, 0.6) is 0 Å². The van der Waals surface area contributed by atoms with Crippen molar-refractivity contribution < 1.29 is 9.18 Å². The van der Waals surface area contributed by atoms with Crippen LogP contribution in [0.3, 0.4) is 0 Å². The molecular formula is C21H16ClFN2O. The largest absolute Gasteiger partial charge is 0.361 e. The highest BCUT2D eigenvalue weighted by Gasteiger charge is 2.36. The van der Waals surface area contributed by atoms with Gasteiger partial charge in [-0.25, -0.2) is 4.39 Å². The molecule has 0 fully saturated rings. The van der Waals surface area contributed by atoms with Crippen LogP contribution in [0.1, 0.15) is 27.7 Å². The first-order valence-corrected chi connectivity index (χ1v) is 8.67. The molecule has 3 aromatic carbocycles. The lowest BCUT2D eigenvalue weighted by molar-refractivity contribution is 0.0729. The Bertz CT molecular complexity index is 958. The van der Waals surface area contributed by atoms with Gasteiger partial charge in [-0.15, -0.1) is 0 Å². The topological polar surface area (TPSA) is 32.3 Å². The number of nitrogens with zero attached hydrogens (tertiary/aromatic N) is 1. The monoisotopic (exact) mass is 366 g/mol. The van der Waals surface area contributed by atoms with E-state index in [0.717, 1.165) is 16.8 Å². The van der Waals surface area contributed by atoms with E-state index < -0.39 is 0 Å². The summed E-state index contributed by atoms with van der Waals surface area (Å²) in [4.78, 5) is 14.7. The van der Waals surface area contributed by atoms with Gasteiger partial charge in [0, 0.05) is 28.4 Å². The van der Waals surface area contributed by atoms with Crippen LogP contribution in [-0.4, -0.2) is 10.8 Å². The molecule has 0 aromatic heterocycles. The van der Waals surface area contributed by atoms with E-state index in [4.69, 9.17) is 11.6 Å². The number of nitrogens with one attached hydrogen (secondary N) is 1. The average Bonchev–Trinajstić information content (AvgIpc) is 2.91. The van der Waals surface area contributed by atoms with E-state index in [1.807, 2.05) is 48.5 Å². The minimum absolute atomic E-state index is 0.0554. The van der Waals surface area contributed by atoms with E-state index in [-0.39, 0.29) is 17.9 Å². The third-order valence-corrected chi connectivity index (χ3v) is 4.87. The third-order valence-electron chi connectivity index (χ3n) is 4.50. The van der Waals surface area contributed by atoms with Crippen LogP contribution >= 0.6 is 11.6 Å². The Hall–Kier alpha value is -2.85. The second-order valence-corrected chi connectivity index (χ2v) is 6.57. The van der Waals surface area contributed by atoms with Gasteiger partial charge in [0.1, 0.15) is 12.0 Å². The maximum Gasteiger partial charge on any atom is 0.256 e. The molecule has 130 valence electrons. The van der Waals surface area contributed by atoms with Gasteiger partial charge in [0.05, 0.1) is 0 Å². The average molecular weight is 367 g/mol. The summed E-state index contributed by atoms with van der Waals surface area (Å²) < 4.78 is 13.2. The zero-order valence-corrected chi connectivity index (χ0v) is 14.6. The van der Waals surface area contributed by atoms with E-state index in [2.05, 4.69) is 5.32 Å². The minimum atomic E-state index is -0.347. The summed E-state index contributed by atoms with van der Waals surface area (Å²) in [5, 5.41) is 3.96. The summed E-state index contributed by atoms with van der Waals surface area (Å²) in [7, 11) is 0. The van der Waals surface area contributed by atoms with Gasteiger partial charge >= 0.3 is 0 Å². The Morgan fingerprint density at radius 2 is 1.65 bits per heavy atom. The molecule has 5 heteroatoms. The summed E-state index contributed by atoms with van der Waals surface area (Å²) in [5.74, 6) is -0.355. The molecule has 4 rings (SSSR count). The van der Waals surface area contributed by atoms with Crippen molar-refractivity contribution in [1.29, 1.82) is 0 Å².